The van der Waals surface area contributed by atoms with Crippen LogP contribution in [0.5, 0.6) is 0 Å². The van der Waals surface area contributed by atoms with Crippen LogP contribution < -0.4 is 16.1 Å². The maximum atomic E-state index is 10.9. The highest BCUT2D eigenvalue weighted by molar-refractivity contribution is 5.79. The number of nitro groups is 1. The van der Waals surface area contributed by atoms with Crippen LogP contribution >= 0.6 is 0 Å². The molecule has 0 fully saturated rings. The van der Waals surface area contributed by atoms with Crippen LogP contribution in [0, 0.1) is 24.0 Å². The minimum absolute atomic E-state index is 0.00824. The molecule has 170 valence electrons. The van der Waals surface area contributed by atoms with E-state index in [2.05, 4.69) is 41.1 Å². The lowest BCUT2D eigenvalue weighted by atomic mass is 10.1. The Hall–Kier alpha value is -4.93. The first-order valence-electron chi connectivity index (χ1n) is 10.3. The van der Waals surface area contributed by atoms with Crippen molar-refractivity contribution in [2.75, 3.05) is 16.1 Å². The summed E-state index contributed by atoms with van der Waals surface area (Å²) in [6.45, 7) is 4.06. The van der Waals surface area contributed by atoms with Crippen LogP contribution in [0.1, 0.15) is 16.7 Å². The molecule has 0 unspecified atom stereocenters. The van der Waals surface area contributed by atoms with E-state index in [0.717, 1.165) is 16.8 Å². The smallest absolute Gasteiger partial charge is 0.269 e. The summed E-state index contributed by atoms with van der Waals surface area (Å²) in [5, 5.41) is 21.3. The van der Waals surface area contributed by atoms with E-state index in [9.17, 15) is 10.1 Å². The molecule has 2 aromatic carbocycles. The Morgan fingerprint density at radius 2 is 1.44 bits per heavy atom. The molecule has 0 radical (unpaired) electrons. The molecular formula is C23H21N9O2. The molecule has 0 atom stereocenters. The van der Waals surface area contributed by atoms with E-state index in [1.165, 1.54) is 17.7 Å². The van der Waals surface area contributed by atoms with Crippen molar-refractivity contribution in [2.24, 2.45) is 5.10 Å². The summed E-state index contributed by atoms with van der Waals surface area (Å²) in [5.74, 6) is 0.733. The number of rotatable bonds is 8. The van der Waals surface area contributed by atoms with Gasteiger partial charge in [-0.1, -0.05) is 6.07 Å². The van der Waals surface area contributed by atoms with Gasteiger partial charge in [-0.25, -0.2) is 5.43 Å². The second-order valence-corrected chi connectivity index (χ2v) is 7.31. The van der Waals surface area contributed by atoms with Crippen LogP contribution in [0.15, 0.2) is 72.1 Å². The first-order valence-corrected chi connectivity index (χ1v) is 10.3. The Morgan fingerprint density at radius 1 is 0.824 bits per heavy atom. The van der Waals surface area contributed by atoms with Crippen molar-refractivity contribution in [1.29, 1.82) is 0 Å². The molecule has 0 saturated heterocycles. The lowest BCUT2D eigenvalue weighted by molar-refractivity contribution is -0.384. The third-order valence-corrected chi connectivity index (χ3v) is 4.82. The monoisotopic (exact) mass is 455 g/mol. The van der Waals surface area contributed by atoms with Crippen LogP contribution in [-0.4, -0.2) is 31.1 Å². The topological polar surface area (TPSA) is 143 Å². The van der Waals surface area contributed by atoms with Crippen molar-refractivity contribution in [3.05, 3.63) is 93.8 Å². The number of benzene rings is 2. The molecule has 2 heterocycles. The minimum Gasteiger partial charge on any atom is -0.324 e. The van der Waals surface area contributed by atoms with Gasteiger partial charge in [0.2, 0.25) is 17.8 Å². The average molecular weight is 455 g/mol. The van der Waals surface area contributed by atoms with Gasteiger partial charge in [-0.05, 0) is 66.9 Å². The number of hydrazone groups is 1. The molecule has 11 heteroatoms. The fraction of sp³-hybridized carbons (Fsp3) is 0.0870. The zero-order valence-electron chi connectivity index (χ0n) is 18.4. The largest absolute Gasteiger partial charge is 0.324 e. The Labute approximate surface area is 195 Å². The molecule has 0 amide bonds. The second-order valence-electron chi connectivity index (χ2n) is 7.31. The normalized spacial score (nSPS) is 10.8. The summed E-state index contributed by atoms with van der Waals surface area (Å²) in [6.07, 6.45) is 4.95. The van der Waals surface area contributed by atoms with Gasteiger partial charge >= 0.3 is 0 Å². The first-order chi connectivity index (χ1) is 16.5. The van der Waals surface area contributed by atoms with Gasteiger partial charge in [0, 0.05) is 35.9 Å². The number of hydrogen-bond donors (Lipinski definition) is 3. The van der Waals surface area contributed by atoms with Crippen molar-refractivity contribution in [1.82, 2.24) is 19.9 Å². The highest BCUT2D eigenvalue weighted by atomic mass is 16.6. The van der Waals surface area contributed by atoms with Crippen molar-refractivity contribution in [3.8, 4) is 0 Å². The van der Waals surface area contributed by atoms with E-state index < -0.39 is 4.92 Å². The van der Waals surface area contributed by atoms with E-state index in [1.807, 2.05) is 44.2 Å². The quantitative estimate of drug-likeness (QED) is 0.195. The molecule has 0 spiro atoms. The lowest BCUT2D eigenvalue weighted by Crippen LogP contribution is -2.07. The van der Waals surface area contributed by atoms with E-state index in [-0.39, 0.29) is 17.6 Å². The van der Waals surface area contributed by atoms with E-state index in [0.29, 0.717) is 11.6 Å². The van der Waals surface area contributed by atoms with Crippen molar-refractivity contribution in [3.63, 3.8) is 0 Å². The molecule has 0 aliphatic carbocycles. The van der Waals surface area contributed by atoms with Crippen molar-refractivity contribution in [2.45, 2.75) is 13.8 Å². The molecule has 0 aliphatic rings. The zero-order chi connectivity index (χ0) is 23.9. The third kappa shape index (κ3) is 5.85. The fourth-order valence-corrected chi connectivity index (χ4v) is 2.90. The summed E-state index contributed by atoms with van der Waals surface area (Å²) in [4.78, 5) is 27.6. The maximum absolute atomic E-state index is 10.9. The summed E-state index contributed by atoms with van der Waals surface area (Å²) < 4.78 is 0. The molecule has 34 heavy (non-hydrogen) atoms. The lowest BCUT2D eigenvalue weighted by Gasteiger charge is -2.11. The van der Waals surface area contributed by atoms with Gasteiger partial charge in [0.05, 0.1) is 11.1 Å². The predicted octanol–water partition coefficient (Wildman–Crippen LogP) is 4.72. The zero-order valence-corrected chi connectivity index (χ0v) is 18.4. The number of aryl methyl sites for hydroxylation is 2. The van der Waals surface area contributed by atoms with Gasteiger partial charge in [0.1, 0.15) is 0 Å². The molecule has 0 aliphatic heterocycles. The average Bonchev–Trinajstić information content (AvgIpc) is 2.82. The number of non-ortho nitro benzene ring substituents is 1. The molecule has 4 rings (SSSR count). The molecular weight excluding hydrogens is 434 g/mol. The standard InChI is InChI=1S/C23H21N9O2/c1-15-3-4-19(13-16(15)2)27-22-28-21(26-18-5-7-20(8-6-18)32(33)34)29-23(30-22)31-25-14-17-9-11-24-12-10-17/h3-14H,1-2H3,(H3,26,27,28,29,30,31)/b25-14-. The maximum Gasteiger partial charge on any atom is 0.269 e. The second kappa shape index (κ2) is 10.1. The van der Waals surface area contributed by atoms with E-state index >= 15 is 0 Å². The van der Waals surface area contributed by atoms with Gasteiger partial charge in [-0.15, -0.1) is 0 Å². The van der Waals surface area contributed by atoms with Crippen LogP contribution in [-0.2, 0) is 0 Å². The molecule has 4 aromatic rings. The molecule has 0 saturated carbocycles. The summed E-state index contributed by atoms with van der Waals surface area (Å²) >= 11 is 0. The van der Waals surface area contributed by atoms with Crippen molar-refractivity contribution < 1.29 is 4.92 Å². The Balaban J connectivity index is 1.59. The predicted molar refractivity (Wildman–Crippen MR) is 131 cm³/mol. The highest BCUT2D eigenvalue weighted by Crippen LogP contribution is 2.22. The van der Waals surface area contributed by atoms with Crippen LogP contribution in [0.25, 0.3) is 0 Å². The molecule has 2 aromatic heterocycles. The molecule has 0 bridgehead atoms. The van der Waals surface area contributed by atoms with Crippen LogP contribution in [0.3, 0.4) is 0 Å². The van der Waals surface area contributed by atoms with Gasteiger partial charge in [-0.2, -0.15) is 20.1 Å². The number of hydrogen-bond acceptors (Lipinski definition) is 10. The number of pyridine rings is 1. The first kappa shape index (κ1) is 22.3. The van der Waals surface area contributed by atoms with E-state index in [4.69, 9.17) is 0 Å². The summed E-state index contributed by atoms with van der Waals surface area (Å²) in [6, 6.07) is 15.5. The summed E-state index contributed by atoms with van der Waals surface area (Å²) in [7, 11) is 0. The Kier molecular flexibility index (Phi) is 6.63. The van der Waals surface area contributed by atoms with Crippen molar-refractivity contribution >= 4 is 41.1 Å². The SMILES string of the molecule is Cc1ccc(Nc2nc(N/N=C\c3ccncc3)nc(Nc3ccc([N+](=O)[O-])cc3)n2)cc1C. The number of nitrogens with one attached hydrogen (secondary N) is 3. The van der Waals surface area contributed by atoms with Gasteiger partial charge < -0.3 is 10.6 Å². The Bertz CT molecular complexity index is 1330. The fourth-order valence-electron chi connectivity index (χ4n) is 2.90. The highest BCUT2D eigenvalue weighted by Gasteiger charge is 2.09. The number of nitro benzene ring substituents is 1. The third-order valence-electron chi connectivity index (χ3n) is 4.82. The van der Waals surface area contributed by atoms with Gasteiger partial charge in [0.25, 0.3) is 5.69 Å². The number of anilines is 5. The van der Waals surface area contributed by atoms with Gasteiger partial charge in [-0.3, -0.25) is 15.1 Å². The molecule has 11 nitrogen and oxygen atoms in total. The Morgan fingerprint density at radius 3 is 2.09 bits per heavy atom. The summed E-state index contributed by atoms with van der Waals surface area (Å²) in [5.41, 5.74) is 7.36. The number of nitrogens with zero attached hydrogens (tertiary/aromatic N) is 6. The molecule has 3 N–H and O–H groups in total. The minimum atomic E-state index is -0.457. The van der Waals surface area contributed by atoms with Crippen LogP contribution in [0.2, 0.25) is 0 Å². The van der Waals surface area contributed by atoms with Gasteiger partial charge in [0.15, 0.2) is 0 Å². The van der Waals surface area contributed by atoms with Crippen LogP contribution in [0.4, 0.5) is 34.9 Å². The number of aromatic nitrogens is 4. The van der Waals surface area contributed by atoms with E-state index in [1.54, 1.807) is 30.7 Å².